The number of fused-ring (bicyclic) bond motifs is 1. The van der Waals surface area contributed by atoms with Gasteiger partial charge in [-0.15, -0.1) is 0 Å². The summed E-state index contributed by atoms with van der Waals surface area (Å²) >= 11 is 12.8. The summed E-state index contributed by atoms with van der Waals surface area (Å²) in [5, 5.41) is 0.561. The Balaban J connectivity index is 1.67. The van der Waals surface area contributed by atoms with Gasteiger partial charge in [0.25, 0.3) is 0 Å². The van der Waals surface area contributed by atoms with E-state index >= 15 is 0 Å². The van der Waals surface area contributed by atoms with Crippen molar-refractivity contribution in [2.75, 3.05) is 11.4 Å². The topological polar surface area (TPSA) is 57.7 Å². The molecule has 0 unspecified atom stereocenters. The number of benzene rings is 3. The molecule has 0 saturated heterocycles. The van der Waals surface area contributed by atoms with Crippen molar-refractivity contribution in [3.63, 3.8) is 0 Å². The molecule has 4 rings (SSSR count). The van der Waals surface area contributed by atoms with Crippen LogP contribution in [0.1, 0.15) is 18.1 Å². The van der Waals surface area contributed by atoms with Gasteiger partial charge >= 0.3 is 0 Å². The maximum atomic E-state index is 13.5. The quantitative estimate of drug-likeness (QED) is 0.342. The van der Waals surface area contributed by atoms with Crippen molar-refractivity contribution in [2.24, 2.45) is 0 Å². The fourth-order valence-electron chi connectivity index (χ4n) is 3.98. The second kappa shape index (κ2) is 9.88. The van der Waals surface area contributed by atoms with E-state index in [9.17, 15) is 13.2 Å². The summed E-state index contributed by atoms with van der Waals surface area (Å²) in [6, 6.07) is 19.1. The minimum atomic E-state index is -3.93. The van der Waals surface area contributed by atoms with Gasteiger partial charge in [-0.3, -0.25) is 4.79 Å². The van der Waals surface area contributed by atoms with E-state index in [4.69, 9.17) is 11.6 Å². The van der Waals surface area contributed by atoms with Gasteiger partial charge in [0.2, 0.25) is 15.9 Å². The van der Waals surface area contributed by atoms with Gasteiger partial charge < -0.3 is 4.90 Å². The highest BCUT2D eigenvalue weighted by Crippen LogP contribution is 2.34. The number of hydrogen-bond acceptors (Lipinski definition) is 3. The normalized spacial score (nSPS) is 15.7. The molecule has 1 aliphatic heterocycles. The number of carbonyl (C=O) groups excluding carboxylic acids is 1. The van der Waals surface area contributed by atoms with Crippen LogP contribution in [0.3, 0.4) is 0 Å². The highest BCUT2D eigenvalue weighted by atomic mass is 79.9. The molecule has 3 aromatic rings. The Morgan fingerprint density at radius 2 is 1.67 bits per heavy atom. The van der Waals surface area contributed by atoms with Crippen molar-refractivity contribution in [1.82, 2.24) is 4.31 Å². The summed E-state index contributed by atoms with van der Waals surface area (Å²) in [5.41, 5.74) is 2.63. The zero-order chi connectivity index (χ0) is 23.8. The molecule has 0 saturated carbocycles. The first-order chi connectivity index (χ1) is 15.6. The summed E-state index contributed by atoms with van der Waals surface area (Å²) in [6.45, 7) is 1.75. The van der Waals surface area contributed by atoms with Crippen LogP contribution in [-0.4, -0.2) is 31.2 Å². The standard InChI is InChI=1S/C24H21Br2ClN2O3S/c1-16-12-18-13-20(26)6-11-23(18)29(16)24(30)15-28(14-17-2-7-21(27)8-3-17)33(31,32)22-9-4-19(25)5-10-22/h2-11,13,16H,12,14-15H2,1H3/t16-/m1/s1. The predicted octanol–water partition coefficient (Wildman–Crippen LogP) is 6.03. The molecule has 0 aliphatic carbocycles. The van der Waals surface area contributed by atoms with Gasteiger partial charge in [-0.1, -0.05) is 55.6 Å². The lowest BCUT2D eigenvalue weighted by molar-refractivity contribution is -0.119. The Kier molecular flexibility index (Phi) is 7.31. The van der Waals surface area contributed by atoms with Gasteiger partial charge in [-0.25, -0.2) is 8.42 Å². The molecule has 3 aromatic carbocycles. The molecule has 33 heavy (non-hydrogen) atoms. The molecular formula is C24H21Br2ClN2O3S. The summed E-state index contributed by atoms with van der Waals surface area (Å²) in [6.07, 6.45) is 0.719. The fraction of sp³-hybridized carbons (Fsp3) is 0.208. The smallest absolute Gasteiger partial charge is 0.243 e. The van der Waals surface area contributed by atoms with Crippen molar-refractivity contribution >= 4 is 65.1 Å². The molecule has 1 amide bonds. The zero-order valence-corrected chi connectivity index (χ0v) is 22.5. The van der Waals surface area contributed by atoms with Gasteiger partial charge in [0, 0.05) is 32.2 Å². The van der Waals surface area contributed by atoms with E-state index in [1.165, 1.54) is 16.4 Å². The van der Waals surface area contributed by atoms with E-state index < -0.39 is 10.0 Å². The molecule has 0 radical (unpaired) electrons. The lowest BCUT2D eigenvalue weighted by atomic mass is 10.1. The Labute approximate surface area is 215 Å². The van der Waals surface area contributed by atoms with Crippen LogP contribution in [0, 0.1) is 0 Å². The van der Waals surface area contributed by atoms with E-state index in [2.05, 4.69) is 31.9 Å². The van der Waals surface area contributed by atoms with Crippen LogP contribution in [0.25, 0.3) is 0 Å². The van der Waals surface area contributed by atoms with Crippen LogP contribution in [0.15, 0.2) is 80.6 Å². The van der Waals surface area contributed by atoms with Crippen LogP contribution in [0.4, 0.5) is 5.69 Å². The predicted molar refractivity (Wildman–Crippen MR) is 138 cm³/mol. The van der Waals surface area contributed by atoms with Crippen LogP contribution in [-0.2, 0) is 27.8 Å². The molecule has 0 aromatic heterocycles. The number of sulfonamides is 1. The summed E-state index contributed by atoms with van der Waals surface area (Å²) in [7, 11) is -3.93. The van der Waals surface area contributed by atoms with Gasteiger partial charge in [-0.05, 0) is 79.1 Å². The Bertz CT molecular complexity index is 1280. The van der Waals surface area contributed by atoms with E-state index in [0.717, 1.165) is 32.2 Å². The van der Waals surface area contributed by atoms with E-state index in [-0.39, 0.29) is 29.9 Å². The number of hydrogen-bond donors (Lipinski definition) is 0. The van der Waals surface area contributed by atoms with Crippen molar-refractivity contribution < 1.29 is 13.2 Å². The SMILES string of the molecule is C[C@@H]1Cc2cc(Br)ccc2N1C(=O)CN(Cc1ccc(Cl)cc1)S(=O)(=O)c1ccc(Br)cc1. The molecule has 9 heteroatoms. The Morgan fingerprint density at radius 3 is 2.33 bits per heavy atom. The number of anilines is 1. The average molecular weight is 613 g/mol. The van der Waals surface area contributed by atoms with Crippen LogP contribution in [0.5, 0.6) is 0 Å². The van der Waals surface area contributed by atoms with Crippen LogP contribution < -0.4 is 4.90 Å². The van der Waals surface area contributed by atoms with E-state index in [1.807, 2.05) is 25.1 Å². The highest BCUT2D eigenvalue weighted by Gasteiger charge is 2.34. The fourth-order valence-corrected chi connectivity index (χ4v) is 6.16. The maximum Gasteiger partial charge on any atom is 0.243 e. The van der Waals surface area contributed by atoms with Crippen molar-refractivity contribution in [2.45, 2.75) is 30.8 Å². The number of amides is 1. The third-order valence-corrected chi connectivity index (χ3v) is 8.64. The number of halogens is 3. The largest absolute Gasteiger partial charge is 0.308 e. The third-order valence-electron chi connectivity index (χ3n) is 5.56. The molecular weight excluding hydrogens is 592 g/mol. The zero-order valence-electron chi connectivity index (χ0n) is 17.7. The van der Waals surface area contributed by atoms with Crippen molar-refractivity contribution in [3.05, 3.63) is 91.8 Å². The van der Waals surface area contributed by atoms with Gasteiger partial charge in [-0.2, -0.15) is 4.31 Å². The number of nitrogens with zero attached hydrogens (tertiary/aromatic N) is 2. The first-order valence-corrected chi connectivity index (χ1v) is 13.7. The third kappa shape index (κ3) is 5.35. The van der Waals surface area contributed by atoms with E-state index in [0.29, 0.717) is 5.02 Å². The summed E-state index contributed by atoms with van der Waals surface area (Å²) in [4.78, 5) is 15.3. The second-order valence-corrected chi connectivity index (χ2v) is 12.1. The maximum absolute atomic E-state index is 13.5. The lowest BCUT2D eigenvalue weighted by Crippen LogP contribution is -2.44. The molecule has 1 heterocycles. The van der Waals surface area contributed by atoms with Crippen LogP contribution >= 0.6 is 43.5 Å². The molecule has 0 N–H and O–H groups in total. The van der Waals surface area contributed by atoms with Crippen LogP contribution in [0.2, 0.25) is 5.02 Å². The number of carbonyl (C=O) groups is 1. The Hall–Kier alpha value is -1.71. The molecule has 5 nitrogen and oxygen atoms in total. The molecule has 1 atom stereocenters. The summed E-state index contributed by atoms with van der Waals surface area (Å²) in [5.74, 6) is -0.266. The molecule has 0 fully saturated rings. The number of rotatable bonds is 6. The van der Waals surface area contributed by atoms with Gasteiger partial charge in [0.15, 0.2) is 0 Å². The molecule has 1 aliphatic rings. The summed E-state index contributed by atoms with van der Waals surface area (Å²) < 4.78 is 30.0. The average Bonchev–Trinajstić information content (AvgIpc) is 3.09. The monoisotopic (exact) mass is 610 g/mol. The molecule has 172 valence electrons. The van der Waals surface area contributed by atoms with Crippen molar-refractivity contribution in [3.8, 4) is 0 Å². The Morgan fingerprint density at radius 1 is 1.03 bits per heavy atom. The van der Waals surface area contributed by atoms with Crippen molar-refractivity contribution in [1.29, 1.82) is 0 Å². The van der Waals surface area contributed by atoms with Gasteiger partial charge in [0.05, 0.1) is 11.4 Å². The minimum Gasteiger partial charge on any atom is -0.308 e. The first-order valence-electron chi connectivity index (χ1n) is 10.3. The molecule has 0 bridgehead atoms. The molecule has 0 spiro atoms. The lowest BCUT2D eigenvalue weighted by Gasteiger charge is -2.27. The highest BCUT2D eigenvalue weighted by molar-refractivity contribution is 9.10. The second-order valence-electron chi connectivity index (χ2n) is 7.94. The minimum absolute atomic E-state index is 0.0523. The van der Waals surface area contributed by atoms with Gasteiger partial charge in [0.1, 0.15) is 0 Å². The first kappa shape index (κ1) is 24.4. The van der Waals surface area contributed by atoms with E-state index in [1.54, 1.807) is 41.3 Å².